The van der Waals surface area contributed by atoms with Crippen LogP contribution in [0.15, 0.2) is 0 Å². The molecule has 0 aromatic carbocycles. The monoisotopic (exact) mass is 210 g/mol. The van der Waals surface area contributed by atoms with Crippen LogP contribution in [0, 0.1) is 11.3 Å². The van der Waals surface area contributed by atoms with Crippen molar-refractivity contribution in [1.82, 2.24) is 10.2 Å². The van der Waals surface area contributed by atoms with E-state index in [9.17, 15) is 4.79 Å². The lowest BCUT2D eigenvalue weighted by atomic mass is 9.76. The van der Waals surface area contributed by atoms with E-state index in [1.54, 1.807) is 0 Å². The summed E-state index contributed by atoms with van der Waals surface area (Å²) in [6.45, 7) is 9.36. The second-order valence-electron chi connectivity index (χ2n) is 5.39. The number of carbonyl (C=O) groups excluding carboxylic acids is 1. The van der Waals surface area contributed by atoms with Crippen molar-refractivity contribution in [3.05, 3.63) is 0 Å². The fraction of sp³-hybridized carbons (Fsp3) is 0.917. The lowest BCUT2D eigenvalue weighted by molar-refractivity contribution is -0.135. The molecule has 0 radical (unpaired) electrons. The average molecular weight is 210 g/mol. The van der Waals surface area contributed by atoms with E-state index in [-0.39, 0.29) is 5.41 Å². The molecule has 2 unspecified atom stereocenters. The molecule has 3 nitrogen and oxygen atoms in total. The molecule has 0 saturated carbocycles. The lowest BCUT2D eigenvalue weighted by Gasteiger charge is -2.33. The van der Waals surface area contributed by atoms with Crippen molar-refractivity contribution in [3.8, 4) is 0 Å². The van der Waals surface area contributed by atoms with Gasteiger partial charge in [-0.2, -0.15) is 0 Å². The number of hydrogen-bond acceptors (Lipinski definition) is 2. The molecule has 2 heterocycles. The van der Waals surface area contributed by atoms with Crippen LogP contribution in [-0.4, -0.2) is 36.5 Å². The second kappa shape index (κ2) is 3.78. The Balaban J connectivity index is 2.23. The van der Waals surface area contributed by atoms with E-state index in [1.807, 2.05) is 0 Å². The number of fused-ring (bicyclic) bond motifs is 1. The Morgan fingerprint density at radius 3 is 2.93 bits per heavy atom. The Morgan fingerprint density at radius 2 is 2.27 bits per heavy atom. The van der Waals surface area contributed by atoms with Gasteiger partial charge in [0.1, 0.15) is 0 Å². The van der Waals surface area contributed by atoms with Gasteiger partial charge in [0.2, 0.25) is 5.91 Å². The van der Waals surface area contributed by atoms with E-state index in [4.69, 9.17) is 0 Å². The minimum Gasteiger partial charge on any atom is -0.339 e. The van der Waals surface area contributed by atoms with Gasteiger partial charge in [-0.05, 0) is 19.4 Å². The maximum atomic E-state index is 12.3. The molecule has 2 fully saturated rings. The smallest absolute Gasteiger partial charge is 0.228 e. The Morgan fingerprint density at radius 1 is 1.53 bits per heavy atom. The van der Waals surface area contributed by atoms with Crippen molar-refractivity contribution >= 4 is 5.91 Å². The first kappa shape index (κ1) is 10.9. The van der Waals surface area contributed by atoms with Crippen molar-refractivity contribution in [2.24, 2.45) is 11.3 Å². The average Bonchev–Trinajstić information content (AvgIpc) is 2.42. The lowest BCUT2D eigenvalue weighted by Crippen LogP contribution is -2.45. The summed E-state index contributed by atoms with van der Waals surface area (Å²) in [6, 6.07) is 0.494. The minimum absolute atomic E-state index is 0.159. The fourth-order valence-corrected chi connectivity index (χ4v) is 3.14. The third kappa shape index (κ3) is 1.57. The number of piperidine rings is 1. The molecule has 2 aliphatic rings. The van der Waals surface area contributed by atoms with Gasteiger partial charge in [-0.15, -0.1) is 0 Å². The van der Waals surface area contributed by atoms with Crippen LogP contribution in [0.3, 0.4) is 0 Å². The van der Waals surface area contributed by atoms with Crippen molar-refractivity contribution < 1.29 is 4.79 Å². The zero-order chi connectivity index (χ0) is 11.1. The third-order valence-electron chi connectivity index (χ3n) is 4.05. The number of carbonyl (C=O) groups is 1. The summed E-state index contributed by atoms with van der Waals surface area (Å²) in [4.78, 5) is 14.4. The van der Waals surface area contributed by atoms with Crippen LogP contribution in [0.25, 0.3) is 0 Å². The van der Waals surface area contributed by atoms with Crippen molar-refractivity contribution in [1.29, 1.82) is 0 Å². The minimum atomic E-state index is -0.159. The summed E-state index contributed by atoms with van der Waals surface area (Å²) < 4.78 is 0. The van der Waals surface area contributed by atoms with Crippen molar-refractivity contribution in [3.63, 3.8) is 0 Å². The summed E-state index contributed by atoms with van der Waals surface area (Å²) in [5.41, 5.74) is -0.159. The normalized spacial score (nSPS) is 34.3. The van der Waals surface area contributed by atoms with Crippen LogP contribution in [0.2, 0.25) is 0 Å². The first-order chi connectivity index (χ1) is 7.09. The zero-order valence-electron chi connectivity index (χ0n) is 10.0. The standard InChI is InChI=1S/C12H22N2O/c1-4-7-14-10-5-6-13-8-9(10)12(2,3)11(14)15/h9-10,13H,4-8H2,1-3H3. The number of nitrogens with zero attached hydrogens (tertiary/aromatic N) is 1. The van der Waals surface area contributed by atoms with Crippen LogP contribution < -0.4 is 5.32 Å². The van der Waals surface area contributed by atoms with Gasteiger partial charge in [-0.1, -0.05) is 20.8 Å². The van der Waals surface area contributed by atoms with E-state index in [1.165, 1.54) is 0 Å². The number of amides is 1. The summed E-state index contributed by atoms with van der Waals surface area (Å²) in [5, 5.41) is 3.42. The molecule has 0 bridgehead atoms. The van der Waals surface area contributed by atoms with Crippen molar-refractivity contribution in [2.45, 2.75) is 39.7 Å². The van der Waals surface area contributed by atoms with Gasteiger partial charge in [0.25, 0.3) is 0 Å². The highest BCUT2D eigenvalue weighted by Gasteiger charge is 2.53. The Bertz CT molecular complexity index is 262. The largest absolute Gasteiger partial charge is 0.339 e. The van der Waals surface area contributed by atoms with Gasteiger partial charge in [0.05, 0.1) is 0 Å². The molecule has 15 heavy (non-hydrogen) atoms. The number of hydrogen-bond donors (Lipinski definition) is 1. The highest BCUT2D eigenvalue weighted by Crippen LogP contribution is 2.43. The van der Waals surface area contributed by atoms with Crippen LogP contribution in [0.1, 0.15) is 33.6 Å². The highest BCUT2D eigenvalue weighted by molar-refractivity contribution is 5.85. The molecule has 0 aliphatic carbocycles. The van der Waals surface area contributed by atoms with Gasteiger partial charge in [-0.3, -0.25) is 4.79 Å². The molecule has 2 saturated heterocycles. The predicted molar refractivity (Wildman–Crippen MR) is 60.5 cm³/mol. The maximum Gasteiger partial charge on any atom is 0.228 e. The zero-order valence-corrected chi connectivity index (χ0v) is 10.0. The third-order valence-corrected chi connectivity index (χ3v) is 4.05. The fourth-order valence-electron chi connectivity index (χ4n) is 3.14. The van der Waals surface area contributed by atoms with Crippen LogP contribution in [-0.2, 0) is 4.79 Å². The summed E-state index contributed by atoms with van der Waals surface area (Å²) >= 11 is 0. The first-order valence-electron chi connectivity index (χ1n) is 6.10. The quantitative estimate of drug-likeness (QED) is 0.744. The summed E-state index contributed by atoms with van der Waals surface area (Å²) in [6.07, 6.45) is 2.19. The number of rotatable bonds is 2. The van der Waals surface area contributed by atoms with Gasteiger partial charge in [0.15, 0.2) is 0 Å². The molecule has 1 amide bonds. The van der Waals surface area contributed by atoms with Gasteiger partial charge in [0, 0.05) is 30.5 Å². The Kier molecular flexibility index (Phi) is 2.75. The molecule has 0 aromatic heterocycles. The first-order valence-corrected chi connectivity index (χ1v) is 6.10. The molecular weight excluding hydrogens is 188 g/mol. The van der Waals surface area contributed by atoms with E-state index in [0.29, 0.717) is 17.9 Å². The molecule has 86 valence electrons. The van der Waals surface area contributed by atoms with Crippen LogP contribution >= 0.6 is 0 Å². The molecule has 1 N–H and O–H groups in total. The van der Waals surface area contributed by atoms with E-state index in [2.05, 4.69) is 31.0 Å². The summed E-state index contributed by atoms with van der Waals surface area (Å²) in [7, 11) is 0. The van der Waals surface area contributed by atoms with Crippen LogP contribution in [0.5, 0.6) is 0 Å². The topological polar surface area (TPSA) is 32.3 Å². The van der Waals surface area contributed by atoms with Crippen molar-refractivity contribution in [2.75, 3.05) is 19.6 Å². The van der Waals surface area contributed by atoms with Crippen LogP contribution in [0.4, 0.5) is 0 Å². The van der Waals surface area contributed by atoms with E-state index >= 15 is 0 Å². The SMILES string of the molecule is CCCN1C(=O)C(C)(C)C2CNCCC21. The highest BCUT2D eigenvalue weighted by atomic mass is 16.2. The molecule has 2 atom stereocenters. The van der Waals surface area contributed by atoms with E-state index in [0.717, 1.165) is 32.5 Å². The predicted octanol–water partition coefficient (Wildman–Crippen LogP) is 1.24. The Labute approximate surface area is 92.2 Å². The summed E-state index contributed by atoms with van der Waals surface area (Å²) in [5.74, 6) is 0.869. The molecule has 0 spiro atoms. The number of likely N-dealkylation sites (tertiary alicyclic amines) is 1. The molecule has 0 aromatic rings. The molecule has 2 rings (SSSR count). The Hall–Kier alpha value is -0.570. The second-order valence-corrected chi connectivity index (χ2v) is 5.39. The van der Waals surface area contributed by atoms with Gasteiger partial charge >= 0.3 is 0 Å². The number of nitrogens with one attached hydrogen (secondary N) is 1. The van der Waals surface area contributed by atoms with Gasteiger partial charge < -0.3 is 10.2 Å². The molecule has 2 aliphatic heterocycles. The maximum absolute atomic E-state index is 12.3. The molecular formula is C12H22N2O. The molecule has 3 heteroatoms. The van der Waals surface area contributed by atoms with E-state index < -0.39 is 0 Å². The van der Waals surface area contributed by atoms with Gasteiger partial charge in [-0.25, -0.2) is 0 Å².